The molecule has 3 aromatic rings. The summed E-state index contributed by atoms with van der Waals surface area (Å²) < 4.78 is 97.0. The Morgan fingerprint density at radius 1 is 0.776 bits per heavy atom. The van der Waals surface area contributed by atoms with E-state index in [4.69, 9.17) is 34.7 Å². The standard InChI is InChI=1S/C28H38N6O3.3C2HF3O2/c1-3-4-11-29-28-30-17-24-22-10-5-19(18-33-14-12-32(2)13-15-33)16-23(22)26(35)34(25(24)31-28)21-8-6-20(7-9-21)27(36)37;3*3-2(4,5)1(6)7/h5,10,16-17,20-21H,3-4,6-9,11-15,18H2,1-2H3,(H,36,37)(H,29,30,31);3*(H,6,7). The van der Waals surface area contributed by atoms with E-state index in [1.54, 1.807) is 0 Å². The van der Waals surface area contributed by atoms with Gasteiger partial charge in [0.2, 0.25) is 5.95 Å². The Balaban J connectivity index is 0.000000453. The quantitative estimate of drug-likeness (QED) is 0.106. The van der Waals surface area contributed by atoms with Crippen molar-refractivity contribution in [1.82, 2.24) is 24.3 Å². The minimum atomic E-state index is -5.08. The summed E-state index contributed by atoms with van der Waals surface area (Å²) in [7, 11) is 2.15. The van der Waals surface area contributed by atoms with Crippen molar-refractivity contribution in [3.05, 3.63) is 40.3 Å². The number of benzene rings is 1. The number of anilines is 1. The molecular formula is C34H41F9N6O9. The Labute approximate surface area is 323 Å². The molecule has 0 spiro atoms. The number of piperazine rings is 1. The van der Waals surface area contributed by atoms with Gasteiger partial charge in [0, 0.05) is 62.3 Å². The minimum absolute atomic E-state index is 0.0419. The van der Waals surface area contributed by atoms with Crippen molar-refractivity contribution in [2.45, 2.75) is 76.6 Å². The lowest BCUT2D eigenvalue weighted by atomic mass is 9.85. The number of carbonyl (C=O) groups is 4. The second-order valence-corrected chi connectivity index (χ2v) is 13.1. The van der Waals surface area contributed by atoms with E-state index in [0.29, 0.717) is 42.7 Å². The van der Waals surface area contributed by atoms with Gasteiger partial charge >= 0.3 is 42.4 Å². The highest BCUT2D eigenvalue weighted by atomic mass is 19.4. The zero-order valence-corrected chi connectivity index (χ0v) is 30.9. The first kappa shape index (κ1) is 48.9. The molecule has 0 unspecified atom stereocenters. The van der Waals surface area contributed by atoms with Crippen molar-refractivity contribution in [2.75, 3.05) is 45.1 Å². The number of nitrogens with one attached hydrogen (secondary N) is 1. The molecule has 5 rings (SSSR count). The van der Waals surface area contributed by atoms with Gasteiger partial charge in [-0.2, -0.15) is 44.5 Å². The number of carboxylic acid groups (broad SMARTS) is 4. The zero-order chi connectivity index (χ0) is 44.2. The summed E-state index contributed by atoms with van der Waals surface area (Å²) >= 11 is 0. The summed E-state index contributed by atoms with van der Waals surface area (Å²) in [6.07, 6.45) is -8.88. The first-order valence-corrected chi connectivity index (χ1v) is 17.4. The number of fused-ring (bicyclic) bond motifs is 3. The number of unbranched alkanes of at least 4 members (excludes halogenated alkanes) is 1. The summed E-state index contributed by atoms with van der Waals surface area (Å²) in [4.78, 5) is 66.5. The number of rotatable bonds is 8. The highest BCUT2D eigenvalue weighted by Gasteiger charge is 2.39. The van der Waals surface area contributed by atoms with Crippen LogP contribution in [0.4, 0.5) is 45.5 Å². The summed E-state index contributed by atoms with van der Waals surface area (Å²) in [5, 5.41) is 36.6. The maximum atomic E-state index is 14.1. The number of halogens is 9. The SMILES string of the molecule is CCCCNc1ncc2c3ccc(CN4CCN(C)CC4)cc3c(=O)n(C3CCC(C(=O)O)CC3)c2n1.O=C(O)C(F)(F)F.O=C(O)C(F)(F)F.O=C(O)C(F)(F)F. The topological polar surface area (TPSA) is 215 Å². The van der Waals surface area contributed by atoms with E-state index in [2.05, 4.69) is 40.1 Å². The van der Waals surface area contributed by atoms with Crippen LogP contribution >= 0.6 is 0 Å². The predicted molar refractivity (Wildman–Crippen MR) is 187 cm³/mol. The fourth-order valence-electron chi connectivity index (χ4n) is 5.72. The van der Waals surface area contributed by atoms with Crippen molar-refractivity contribution in [3.8, 4) is 0 Å². The third-order valence-corrected chi connectivity index (χ3v) is 8.77. The van der Waals surface area contributed by atoms with Gasteiger partial charge in [0.15, 0.2) is 0 Å². The predicted octanol–water partition coefficient (Wildman–Crippen LogP) is 5.62. The summed E-state index contributed by atoms with van der Waals surface area (Å²) in [5.41, 5.74) is 1.73. The number of hydrogen-bond donors (Lipinski definition) is 5. The Hall–Kier alpha value is -5.26. The van der Waals surface area contributed by atoms with Crippen LogP contribution in [0, 0.1) is 5.92 Å². The molecule has 58 heavy (non-hydrogen) atoms. The molecule has 24 heteroatoms. The minimum Gasteiger partial charge on any atom is -0.481 e. The molecule has 2 aromatic heterocycles. The number of hydrogen-bond acceptors (Lipinski definition) is 10. The molecular weight excluding hydrogens is 807 g/mol. The van der Waals surface area contributed by atoms with E-state index in [1.165, 1.54) is 0 Å². The normalized spacial score (nSPS) is 17.8. The van der Waals surface area contributed by atoms with E-state index in [0.717, 1.165) is 68.4 Å². The molecule has 1 aliphatic heterocycles. The van der Waals surface area contributed by atoms with Gasteiger partial charge in [-0.15, -0.1) is 0 Å². The van der Waals surface area contributed by atoms with Gasteiger partial charge in [0.1, 0.15) is 5.65 Å². The van der Waals surface area contributed by atoms with E-state index in [-0.39, 0.29) is 17.5 Å². The zero-order valence-electron chi connectivity index (χ0n) is 30.9. The molecule has 1 aliphatic carbocycles. The van der Waals surface area contributed by atoms with Crippen LogP contribution in [0.5, 0.6) is 0 Å². The number of carboxylic acids is 4. The monoisotopic (exact) mass is 848 g/mol. The van der Waals surface area contributed by atoms with Gasteiger partial charge in [-0.25, -0.2) is 19.4 Å². The van der Waals surface area contributed by atoms with Gasteiger partial charge in [-0.3, -0.25) is 19.1 Å². The fraction of sp³-hybridized carbons (Fsp3) is 0.559. The molecule has 3 heterocycles. The molecule has 1 saturated carbocycles. The fourth-order valence-corrected chi connectivity index (χ4v) is 5.72. The van der Waals surface area contributed by atoms with Crippen LogP contribution < -0.4 is 10.9 Å². The first-order chi connectivity index (χ1) is 26.8. The van der Waals surface area contributed by atoms with E-state index in [9.17, 15) is 54.2 Å². The summed E-state index contributed by atoms with van der Waals surface area (Å²) in [6, 6.07) is 6.14. The Morgan fingerprint density at radius 2 is 1.28 bits per heavy atom. The van der Waals surface area contributed by atoms with Gasteiger partial charge < -0.3 is 30.6 Å². The smallest absolute Gasteiger partial charge is 0.481 e. The molecule has 1 saturated heterocycles. The third-order valence-electron chi connectivity index (χ3n) is 8.77. The molecule has 1 aromatic carbocycles. The number of nitrogens with zero attached hydrogens (tertiary/aromatic N) is 5. The van der Waals surface area contributed by atoms with Gasteiger partial charge in [-0.1, -0.05) is 25.5 Å². The largest absolute Gasteiger partial charge is 0.490 e. The summed E-state index contributed by atoms with van der Waals surface area (Å²) in [6.45, 7) is 7.88. The first-order valence-electron chi connectivity index (χ1n) is 17.4. The molecule has 2 aliphatic rings. The van der Waals surface area contributed by atoms with Gasteiger partial charge in [0.25, 0.3) is 5.56 Å². The molecule has 2 fully saturated rings. The number of likely N-dealkylation sites (N-methyl/N-ethyl adjacent to an activating group) is 1. The average molecular weight is 849 g/mol. The van der Waals surface area contributed by atoms with Crippen LogP contribution in [0.1, 0.15) is 57.1 Å². The van der Waals surface area contributed by atoms with Crippen LogP contribution in [0.25, 0.3) is 21.8 Å². The molecule has 0 atom stereocenters. The van der Waals surface area contributed by atoms with Gasteiger partial charge in [0.05, 0.1) is 5.92 Å². The van der Waals surface area contributed by atoms with Crippen molar-refractivity contribution >= 4 is 51.6 Å². The van der Waals surface area contributed by atoms with E-state index in [1.807, 2.05) is 22.9 Å². The van der Waals surface area contributed by atoms with Crippen LogP contribution in [0.3, 0.4) is 0 Å². The molecule has 15 nitrogen and oxygen atoms in total. The maximum Gasteiger partial charge on any atom is 0.490 e. The second kappa shape index (κ2) is 20.9. The van der Waals surface area contributed by atoms with Crippen molar-refractivity contribution in [2.24, 2.45) is 5.92 Å². The highest BCUT2D eigenvalue weighted by molar-refractivity contribution is 6.04. The van der Waals surface area contributed by atoms with Crippen LogP contribution in [0.2, 0.25) is 0 Å². The molecule has 324 valence electrons. The van der Waals surface area contributed by atoms with E-state index < -0.39 is 42.4 Å². The van der Waals surface area contributed by atoms with Crippen molar-refractivity contribution in [3.63, 3.8) is 0 Å². The Morgan fingerprint density at radius 3 is 1.72 bits per heavy atom. The molecule has 0 bridgehead atoms. The van der Waals surface area contributed by atoms with Crippen molar-refractivity contribution in [1.29, 1.82) is 0 Å². The van der Waals surface area contributed by atoms with Gasteiger partial charge in [-0.05, 0) is 56.2 Å². The second-order valence-electron chi connectivity index (χ2n) is 13.1. The van der Waals surface area contributed by atoms with Crippen LogP contribution in [-0.2, 0) is 25.7 Å². The van der Waals surface area contributed by atoms with E-state index >= 15 is 0 Å². The third kappa shape index (κ3) is 14.9. The lowest BCUT2D eigenvalue weighted by molar-refractivity contribution is -0.193. The highest BCUT2D eigenvalue weighted by Crippen LogP contribution is 2.35. The number of alkyl halides is 9. The maximum absolute atomic E-state index is 14.1. The van der Waals surface area contributed by atoms with Crippen molar-refractivity contribution < 1.29 is 79.1 Å². The number of pyridine rings is 1. The number of aliphatic carboxylic acids is 4. The molecule has 0 radical (unpaired) electrons. The average Bonchev–Trinajstić information content (AvgIpc) is 3.12. The molecule has 5 N–H and O–H groups in total. The lowest BCUT2D eigenvalue weighted by Crippen LogP contribution is -2.43. The lowest BCUT2D eigenvalue weighted by Gasteiger charge is -2.32. The van der Waals surface area contributed by atoms with Crippen LogP contribution in [-0.4, -0.2) is 127 Å². The van der Waals surface area contributed by atoms with Crippen LogP contribution in [0.15, 0.2) is 29.2 Å². The summed E-state index contributed by atoms with van der Waals surface area (Å²) in [5.74, 6) is -8.82. The molecule has 0 amide bonds. The number of aromatic nitrogens is 3. The Kier molecular flexibility index (Phi) is 17.7. The Bertz CT molecular complexity index is 1880.